The van der Waals surface area contributed by atoms with E-state index in [4.69, 9.17) is 4.74 Å². The van der Waals surface area contributed by atoms with Gasteiger partial charge < -0.3 is 15.0 Å². The number of aromatic nitrogens is 2. The summed E-state index contributed by atoms with van der Waals surface area (Å²) < 4.78 is 9.96. The molecule has 2 saturated heterocycles. The van der Waals surface area contributed by atoms with Crippen LogP contribution in [-0.4, -0.2) is 53.1 Å². The van der Waals surface area contributed by atoms with Gasteiger partial charge >= 0.3 is 0 Å². The van der Waals surface area contributed by atoms with Gasteiger partial charge in [0.25, 0.3) is 0 Å². The molecule has 1 atom stereocenters. The van der Waals surface area contributed by atoms with E-state index >= 15 is 0 Å². The number of piperidine rings is 1. The van der Waals surface area contributed by atoms with Gasteiger partial charge in [0, 0.05) is 49.2 Å². The molecule has 0 bridgehead atoms. The van der Waals surface area contributed by atoms with Gasteiger partial charge in [0.2, 0.25) is 5.13 Å². The fourth-order valence-corrected chi connectivity index (χ4v) is 3.95. The molecular formula is C16H28N4OS. The lowest BCUT2D eigenvalue weighted by molar-refractivity contribution is 0.154. The van der Waals surface area contributed by atoms with Gasteiger partial charge in [-0.1, -0.05) is 20.8 Å². The third-order valence-electron chi connectivity index (χ3n) is 4.55. The molecule has 124 valence electrons. The molecule has 22 heavy (non-hydrogen) atoms. The van der Waals surface area contributed by atoms with E-state index in [2.05, 4.69) is 40.3 Å². The molecule has 1 aromatic rings. The summed E-state index contributed by atoms with van der Waals surface area (Å²) in [5, 5.41) is 4.56. The van der Waals surface area contributed by atoms with Crippen LogP contribution in [0.15, 0.2) is 0 Å². The summed E-state index contributed by atoms with van der Waals surface area (Å²) in [4.78, 5) is 7.24. The summed E-state index contributed by atoms with van der Waals surface area (Å²) in [6, 6.07) is 0.539. The molecule has 6 heteroatoms. The maximum absolute atomic E-state index is 5.48. The third kappa shape index (κ3) is 4.18. The van der Waals surface area contributed by atoms with Gasteiger partial charge in [-0.2, -0.15) is 4.37 Å². The minimum Gasteiger partial charge on any atom is -0.381 e. The lowest BCUT2D eigenvalue weighted by Gasteiger charge is -2.33. The Kier molecular flexibility index (Phi) is 5.00. The number of likely N-dealkylation sites (tertiary alicyclic amines) is 1. The normalized spacial score (nSPS) is 24.8. The summed E-state index contributed by atoms with van der Waals surface area (Å²) in [6.45, 7) is 11.9. The number of ether oxygens (including phenoxy) is 1. The van der Waals surface area contributed by atoms with Crippen molar-refractivity contribution in [3.05, 3.63) is 5.82 Å². The number of anilines is 1. The summed E-state index contributed by atoms with van der Waals surface area (Å²) >= 11 is 1.49. The minimum atomic E-state index is 0.0309. The molecule has 3 rings (SSSR count). The van der Waals surface area contributed by atoms with E-state index < -0.39 is 0 Å². The molecular weight excluding hydrogens is 296 g/mol. The van der Waals surface area contributed by atoms with Crippen molar-refractivity contribution in [1.29, 1.82) is 0 Å². The van der Waals surface area contributed by atoms with Crippen molar-refractivity contribution in [1.82, 2.24) is 14.3 Å². The Hall–Kier alpha value is -0.720. The van der Waals surface area contributed by atoms with E-state index in [-0.39, 0.29) is 5.41 Å². The van der Waals surface area contributed by atoms with Crippen LogP contribution in [-0.2, 0) is 10.2 Å². The van der Waals surface area contributed by atoms with Crippen molar-refractivity contribution in [2.75, 3.05) is 38.2 Å². The molecule has 1 unspecified atom stereocenters. The molecule has 0 spiro atoms. The first-order valence-electron chi connectivity index (χ1n) is 8.41. The van der Waals surface area contributed by atoms with Crippen LogP contribution in [0.4, 0.5) is 5.13 Å². The van der Waals surface area contributed by atoms with E-state index in [0.29, 0.717) is 6.04 Å². The maximum atomic E-state index is 5.48. The second-order valence-electron chi connectivity index (χ2n) is 7.62. The Bertz CT molecular complexity index is 471. The van der Waals surface area contributed by atoms with Gasteiger partial charge in [0.05, 0.1) is 6.61 Å². The van der Waals surface area contributed by atoms with Gasteiger partial charge in [-0.25, -0.2) is 4.98 Å². The lowest BCUT2D eigenvalue weighted by atomic mass is 9.96. The SMILES string of the molecule is CC(C)(C)c1nsc(NC2CCN(CC3CCOC3)CC2)n1. The summed E-state index contributed by atoms with van der Waals surface area (Å²) in [5.74, 6) is 1.70. The van der Waals surface area contributed by atoms with Gasteiger partial charge in [-0.3, -0.25) is 0 Å². The zero-order chi connectivity index (χ0) is 15.6. The number of nitrogens with one attached hydrogen (secondary N) is 1. The second kappa shape index (κ2) is 6.81. The molecule has 2 aliphatic rings. The Morgan fingerprint density at radius 2 is 2.05 bits per heavy atom. The van der Waals surface area contributed by atoms with Crippen LogP contribution in [0.25, 0.3) is 0 Å². The molecule has 2 aliphatic heterocycles. The van der Waals surface area contributed by atoms with E-state index in [1.807, 2.05) is 0 Å². The van der Waals surface area contributed by atoms with E-state index in [0.717, 1.165) is 30.1 Å². The van der Waals surface area contributed by atoms with Crippen LogP contribution in [0.5, 0.6) is 0 Å². The molecule has 0 aromatic carbocycles. The van der Waals surface area contributed by atoms with Crippen LogP contribution in [0, 0.1) is 5.92 Å². The van der Waals surface area contributed by atoms with Crippen molar-refractivity contribution in [3.8, 4) is 0 Å². The molecule has 5 nitrogen and oxygen atoms in total. The van der Waals surface area contributed by atoms with Crippen molar-refractivity contribution in [3.63, 3.8) is 0 Å². The monoisotopic (exact) mass is 324 g/mol. The molecule has 1 N–H and O–H groups in total. The zero-order valence-electron chi connectivity index (χ0n) is 14.0. The Morgan fingerprint density at radius 3 is 2.64 bits per heavy atom. The standard InChI is InChI=1S/C16H28N4OS/c1-16(2,3)14-18-15(22-19-14)17-13-4-7-20(8-5-13)10-12-6-9-21-11-12/h12-13H,4-11H2,1-3H3,(H,17,18,19). The summed E-state index contributed by atoms with van der Waals surface area (Å²) in [6.07, 6.45) is 3.62. The van der Waals surface area contributed by atoms with Crippen molar-refractivity contribution < 1.29 is 4.74 Å². The largest absolute Gasteiger partial charge is 0.381 e. The highest BCUT2D eigenvalue weighted by atomic mass is 32.1. The van der Waals surface area contributed by atoms with E-state index in [1.165, 1.54) is 50.4 Å². The van der Waals surface area contributed by atoms with Crippen molar-refractivity contribution >= 4 is 16.7 Å². The molecule has 0 saturated carbocycles. The van der Waals surface area contributed by atoms with Crippen LogP contribution >= 0.6 is 11.5 Å². The molecule has 2 fully saturated rings. The summed E-state index contributed by atoms with van der Waals surface area (Å²) in [5.41, 5.74) is 0.0309. The minimum absolute atomic E-state index is 0.0309. The Labute approximate surface area is 137 Å². The average Bonchev–Trinajstić information content (AvgIpc) is 3.12. The average molecular weight is 324 g/mol. The molecule has 0 radical (unpaired) electrons. The Morgan fingerprint density at radius 1 is 1.27 bits per heavy atom. The van der Waals surface area contributed by atoms with Gasteiger partial charge in [0.1, 0.15) is 5.82 Å². The van der Waals surface area contributed by atoms with Crippen LogP contribution < -0.4 is 5.32 Å². The van der Waals surface area contributed by atoms with Crippen LogP contribution in [0.2, 0.25) is 0 Å². The first-order chi connectivity index (χ1) is 10.5. The predicted molar refractivity (Wildman–Crippen MR) is 90.6 cm³/mol. The molecule has 3 heterocycles. The van der Waals surface area contributed by atoms with Crippen LogP contribution in [0.1, 0.15) is 45.9 Å². The fourth-order valence-electron chi connectivity index (χ4n) is 3.11. The quantitative estimate of drug-likeness (QED) is 0.923. The van der Waals surface area contributed by atoms with Crippen molar-refractivity contribution in [2.45, 2.75) is 51.5 Å². The fraction of sp³-hybridized carbons (Fsp3) is 0.875. The van der Waals surface area contributed by atoms with Crippen LogP contribution in [0.3, 0.4) is 0 Å². The number of hydrogen-bond acceptors (Lipinski definition) is 6. The van der Waals surface area contributed by atoms with Gasteiger partial charge in [-0.05, 0) is 25.2 Å². The predicted octanol–water partition coefficient (Wildman–Crippen LogP) is 2.75. The maximum Gasteiger partial charge on any atom is 0.202 e. The lowest BCUT2D eigenvalue weighted by Crippen LogP contribution is -2.41. The highest BCUT2D eigenvalue weighted by molar-refractivity contribution is 7.09. The Balaban J connectivity index is 1.44. The summed E-state index contributed by atoms with van der Waals surface area (Å²) in [7, 11) is 0. The van der Waals surface area contributed by atoms with Crippen molar-refractivity contribution in [2.24, 2.45) is 5.92 Å². The topological polar surface area (TPSA) is 50.3 Å². The highest BCUT2D eigenvalue weighted by Crippen LogP contribution is 2.25. The molecule has 0 amide bonds. The second-order valence-corrected chi connectivity index (χ2v) is 8.37. The number of rotatable bonds is 4. The van der Waals surface area contributed by atoms with Gasteiger partial charge in [-0.15, -0.1) is 0 Å². The van der Waals surface area contributed by atoms with Gasteiger partial charge in [0.15, 0.2) is 0 Å². The first kappa shape index (κ1) is 16.1. The third-order valence-corrected chi connectivity index (χ3v) is 5.20. The highest BCUT2D eigenvalue weighted by Gasteiger charge is 2.25. The molecule has 0 aliphatic carbocycles. The number of hydrogen-bond donors (Lipinski definition) is 1. The molecule has 1 aromatic heterocycles. The smallest absolute Gasteiger partial charge is 0.202 e. The zero-order valence-corrected chi connectivity index (χ0v) is 14.8. The van der Waals surface area contributed by atoms with E-state index in [9.17, 15) is 0 Å². The number of nitrogens with zero attached hydrogens (tertiary/aromatic N) is 3. The first-order valence-corrected chi connectivity index (χ1v) is 9.19. The van der Waals surface area contributed by atoms with E-state index in [1.54, 1.807) is 0 Å².